The number of morpholine rings is 1. The fraction of sp³-hybridized carbons (Fsp3) is 0.400. The van der Waals surface area contributed by atoms with Gasteiger partial charge in [-0.2, -0.15) is 0 Å². The number of nitrogens with zero attached hydrogens (tertiary/aromatic N) is 2. The number of fused-ring (bicyclic) bond motifs is 1. The van der Waals surface area contributed by atoms with E-state index in [4.69, 9.17) is 9.47 Å². The summed E-state index contributed by atoms with van der Waals surface area (Å²) in [6.07, 6.45) is 0.238. The van der Waals surface area contributed by atoms with Gasteiger partial charge in [-0.1, -0.05) is 30.3 Å². The summed E-state index contributed by atoms with van der Waals surface area (Å²) in [7, 11) is 0. The summed E-state index contributed by atoms with van der Waals surface area (Å²) in [5.41, 5.74) is 3.48. The summed E-state index contributed by atoms with van der Waals surface area (Å²) in [6.45, 7) is 5.25. The van der Waals surface area contributed by atoms with E-state index in [1.165, 1.54) is 10.5 Å². The second-order valence-electron chi connectivity index (χ2n) is 8.62. The molecular formula is C25H27N3O5. The van der Waals surface area contributed by atoms with Crippen molar-refractivity contribution >= 4 is 17.6 Å². The standard InChI is InChI=1S/C25H27N3O5/c29-21-8-9-26-24(30)23(21)28-15-20-19(25(28)31)2-1-3-22(20)33-16-18-6-4-17(5-7-18)14-27-10-12-32-13-11-27/h1-7,23H,8-16H2,(H,26,30). The lowest BCUT2D eigenvalue weighted by molar-refractivity contribution is -0.137. The van der Waals surface area contributed by atoms with Gasteiger partial charge < -0.3 is 19.7 Å². The highest BCUT2D eigenvalue weighted by molar-refractivity contribution is 6.12. The van der Waals surface area contributed by atoms with Crippen LogP contribution in [0, 0.1) is 0 Å². The van der Waals surface area contributed by atoms with Gasteiger partial charge in [-0.25, -0.2) is 0 Å². The average Bonchev–Trinajstić information content (AvgIpc) is 3.16. The molecule has 5 rings (SSSR count). The number of carbonyl (C=O) groups excluding carboxylic acids is 3. The van der Waals surface area contributed by atoms with Gasteiger partial charge in [0.25, 0.3) is 11.8 Å². The van der Waals surface area contributed by atoms with Gasteiger partial charge in [0, 0.05) is 43.7 Å². The lowest BCUT2D eigenvalue weighted by Gasteiger charge is -2.28. The molecule has 2 fully saturated rings. The van der Waals surface area contributed by atoms with Crippen molar-refractivity contribution < 1.29 is 23.9 Å². The zero-order valence-electron chi connectivity index (χ0n) is 18.4. The maximum Gasteiger partial charge on any atom is 0.255 e. The van der Waals surface area contributed by atoms with Gasteiger partial charge in [0.2, 0.25) is 0 Å². The predicted molar refractivity (Wildman–Crippen MR) is 120 cm³/mol. The SMILES string of the molecule is O=C1CCNC(=O)C1N1Cc2c(OCc3ccc(CN4CCOCC4)cc3)cccc2C1=O. The van der Waals surface area contributed by atoms with Gasteiger partial charge in [0.1, 0.15) is 12.4 Å². The summed E-state index contributed by atoms with van der Waals surface area (Å²) in [5.74, 6) is -0.339. The van der Waals surface area contributed by atoms with E-state index in [1.54, 1.807) is 12.1 Å². The number of piperidine rings is 1. The first-order valence-electron chi connectivity index (χ1n) is 11.3. The Balaban J connectivity index is 1.25. The molecule has 8 nitrogen and oxygen atoms in total. The molecule has 0 aromatic heterocycles. The topological polar surface area (TPSA) is 88.2 Å². The summed E-state index contributed by atoms with van der Waals surface area (Å²) < 4.78 is 11.5. The van der Waals surface area contributed by atoms with Crippen LogP contribution in [0.2, 0.25) is 0 Å². The van der Waals surface area contributed by atoms with Crippen molar-refractivity contribution in [3.8, 4) is 5.75 Å². The fourth-order valence-electron chi connectivity index (χ4n) is 4.59. The third kappa shape index (κ3) is 4.49. The number of ketones is 1. The van der Waals surface area contributed by atoms with Crippen molar-refractivity contribution in [2.24, 2.45) is 0 Å². The first-order chi connectivity index (χ1) is 16.1. The van der Waals surface area contributed by atoms with Crippen LogP contribution >= 0.6 is 0 Å². The number of Topliss-reactive ketones (excluding diaryl/α,β-unsaturated/α-hetero) is 1. The number of ether oxygens (including phenoxy) is 2. The molecule has 0 saturated carbocycles. The minimum absolute atomic E-state index is 0.187. The van der Waals surface area contributed by atoms with Crippen LogP contribution in [-0.4, -0.2) is 66.3 Å². The highest BCUT2D eigenvalue weighted by atomic mass is 16.5. The Bertz CT molecular complexity index is 1050. The minimum Gasteiger partial charge on any atom is -0.489 e. The van der Waals surface area contributed by atoms with E-state index < -0.39 is 11.9 Å². The van der Waals surface area contributed by atoms with Crippen molar-refractivity contribution in [3.63, 3.8) is 0 Å². The highest BCUT2D eigenvalue weighted by Gasteiger charge is 2.42. The minimum atomic E-state index is -1.06. The molecule has 0 aliphatic carbocycles. The first-order valence-corrected chi connectivity index (χ1v) is 11.3. The van der Waals surface area contributed by atoms with Crippen LogP contribution in [0.3, 0.4) is 0 Å². The molecule has 1 N–H and O–H groups in total. The average molecular weight is 450 g/mol. The number of amides is 2. The van der Waals surface area contributed by atoms with Crippen LogP contribution in [0.25, 0.3) is 0 Å². The molecule has 0 radical (unpaired) electrons. The Morgan fingerprint density at radius 1 is 1.00 bits per heavy atom. The Labute approximate surface area is 192 Å². The lowest BCUT2D eigenvalue weighted by Crippen LogP contribution is -2.55. The van der Waals surface area contributed by atoms with E-state index in [2.05, 4.69) is 34.5 Å². The van der Waals surface area contributed by atoms with Crippen LogP contribution in [0.1, 0.15) is 33.5 Å². The molecular weight excluding hydrogens is 422 g/mol. The molecule has 0 spiro atoms. The van der Waals surface area contributed by atoms with E-state index >= 15 is 0 Å². The smallest absolute Gasteiger partial charge is 0.255 e. The van der Waals surface area contributed by atoms with E-state index in [0.29, 0.717) is 24.5 Å². The second kappa shape index (κ2) is 9.33. The van der Waals surface area contributed by atoms with Crippen LogP contribution in [0.4, 0.5) is 0 Å². The molecule has 172 valence electrons. The molecule has 1 unspecified atom stereocenters. The largest absolute Gasteiger partial charge is 0.489 e. The quantitative estimate of drug-likeness (QED) is 0.673. The summed E-state index contributed by atoms with van der Waals surface area (Å²) >= 11 is 0. The number of hydrogen-bond acceptors (Lipinski definition) is 6. The number of nitrogens with one attached hydrogen (secondary N) is 1. The maximum absolute atomic E-state index is 12.9. The molecule has 3 aliphatic rings. The predicted octanol–water partition coefficient (Wildman–Crippen LogP) is 1.51. The first kappa shape index (κ1) is 21.6. The van der Waals surface area contributed by atoms with Crippen LogP contribution < -0.4 is 10.1 Å². The van der Waals surface area contributed by atoms with Gasteiger partial charge in [0.05, 0.1) is 19.8 Å². The van der Waals surface area contributed by atoms with Crippen LogP contribution in [0.15, 0.2) is 42.5 Å². The monoisotopic (exact) mass is 449 g/mol. The van der Waals surface area contributed by atoms with Crippen LogP contribution in [0.5, 0.6) is 5.75 Å². The third-order valence-corrected chi connectivity index (χ3v) is 6.42. The van der Waals surface area contributed by atoms with Gasteiger partial charge in [-0.15, -0.1) is 0 Å². The van der Waals surface area contributed by atoms with E-state index in [9.17, 15) is 14.4 Å². The zero-order valence-corrected chi connectivity index (χ0v) is 18.4. The molecule has 1 atom stereocenters. The molecule has 33 heavy (non-hydrogen) atoms. The van der Waals surface area contributed by atoms with Crippen LogP contribution in [-0.2, 0) is 34.0 Å². The number of benzene rings is 2. The molecule has 0 bridgehead atoms. The summed E-state index contributed by atoms with van der Waals surface area (Å²) in [5, 5.41) is 2.68. The molecule has 2 amide bonds. The van der Waals surface area contributed by atoms with Gasteiger partial charge >= 0.3 is 0 Å². The Kier molecular flexibility index (Phi) is 6.11. The molecule has 2 aromatic carbocycles. The molecule has 3 aliphatic heterocycles. The Morgan fingerprint density at radius 3 is 2.52 bits per heavy atom. The number of carbonyl (C=O) groups is 3. The Hall–Kier alpha value is -3.23. The number of hydrogen-bond donors (Lipinski definition) is 1. The Morgan fingerprint density at radius 2 is 1.76 bits per heavy atom. The maximum atomic E-state index is 12.9. The molecule has 2 aromatic rings. The van der Waals surface area contributed by atoms with Crippen molar-refractivity contribution in [1.29, 1.82) is 0 Å². The normalized spacial score (nSPS) is 21.2. The van der Waals surface area contributed by atoms with E-state index in [1.807, 2.05) is 6.07 Å². The number of rotatable bonds is 6. The van der Waals surface area contributed by atoms with E-state index in [-0.39, 0.29) is 24.7 Å². The van der Waals surface area contributed by atoms with Crippen molar-refractivity contribution in [3.05, 3.63) is 64.7 Å². The van der Waals surface area contributed by atoms with Crippen molar-refractivity contribution in [1.82, 2.24) is 15.1 Å². The fourth-order valence-corrected chi connectivity index (χ4v) is 4.59. The zero-order chi connectivity index (χ0) is 22.8. The second-order valence-corrected chi connectivity index (χ2v) is 8.62. The lowest BCUT2D eigenvalue weighted by atomic mass is 10.0. The van der Waals surface area contributed by atoms with Gasteiger partial charge in [0.15, 0.2) is 11.8 Å². The summed E-state index contributed by atoms with van der Waals surface area (Å²) in [4.78, 5) is 41.3. The summed E-state index contributed by atoms with van der Waals surface area (Å²) in [6, 6.07) is 12.6. The third-order valence-electron chi connectivity index (χ3n) is 6.42. The van der Waals surface area contributed by atoms with E-state index in [0.717, 1.165) is 44.0 Å². The van der Waals surface area contributed by atoms with Gasteiger partial charge in [-0.3, -0.25) is 19.3 Å². The van der Waals surface area contributed by atoms with Crippen molar-refractivity contribution in [2.45, 2.75) is 32.2 Å². The highest BCUT2D eigenvalue weighted by Crippen LogP contribution is 2.33. The van der Waals surface area contributed by atoms with Crippen molar-refractivity contribution in [2.75, 3.05) is 32.8 Å². The molecule has 2 saturated heterocycles. The molecule has 3 heterocycles. The molecule has 8 heteroatoms. The van der Waals surface area contributed by atoms with Gasteiger partial charge in [-0.05, 0) is 23.3 Å².